The zero-order chi connectivity index (χ0) is 18.8. The van der Waals surface area contributed by atoms with Gasteiger partial charge in [0.1, 0.15) is 11.8 Å². The summed E-state index contributed by atoms with van der Waals surface area (Å²) in [6, 6.07) is 6.51. The van der Waals surface area contributed by atoms with Gasteiger partial charge in [0.25, 0.3) is 5.91 Å². The van der Waals surface area contributed by atoms with Crippen LogP contribution in [-0.4, -0.2) is 23.0 Å². The second-order valence-corrected chi connectivity index (χ2v) is 7.27. The number of amides is 1. The molecule has 4 rings (SSSR count). The quantitative estimate of drug-likeness (QED) is 0.768. The molecule has 2 fully saturated rings. The van der Waals surface area contributed by atoms with Crippen LogP contribution >= 0.6 is 0 Å². The normalized spacial score (nSPS) is 27.0. The van der Waals surface area contributed by atoms with E-state index in [0.29, 0.717) is 29.6 Å². The highest BCUT2D eigenvalue weighted by molar-refractivity contribution is 5.94. The van der Waals surface area contributed by atoms with E-state index in [4.69, 9.17) is 9.68 Å². The van der Waals surface area contributed by atoms with Gasteiger partial charge in [-0.25, -0.2) is 10.4 Å². The molecular formula is C20H23N5O2. The van der Waals surface area contributed by atoms with Crippen molar-refractivity contribution in [3.63, 3.8) is 0 Å². The van der Waals surface area contributed by atoms with Crippen molar-refractivity contribution in [3.8, 4) is 6.07 Å². The molecule has 140 valence electrons. The fourth-order valence-electron chi connectivity index (χ4n) is 4.27. The lowest BCUT2D eigenvalue weighted by Crippen LogP contribution is -2.44. The Kier molecular flexibility index (Phi) is 4.92. The van der Waals surface area contributed by atoms with Gasteiger partial charge >= 0.3 is 0 Å². The van der Waals surface area contributed by atoms with Crippen LogP contribution in [-0.2, 0) is 6.42 Å². The van der Waals surface area contributed by atoms with Gasteiger partial charge in [-0.05, 0) is 49.3 Å². The molecule has 2 aromatic heterocycles. The number of rotatable bonds is 4. The summed E-state index contributed by atoms with van der Waals surface area (Å²) in [4.78, 5) is 17.0. The van der Waals surface area contributed by atoms with E-state index >= 15 is 0 Å². The highest BCUT2D eigenvalue weighted by atomic mass is 16.3. The third-order valence-corrected chi connectivity index (χ3v) is 5.68. The van der Waals surface area contributed by atoms with E-state index in [1.165, 1.54) is 6.20 Å². The van der Waals surface area contributed by atoms with Crippen LogP contribution < -0.4 is 16.2 Å². The predicted octanol–water partition coefficient (Wildman–Crippen LogP) is 2.22. The Hall–Kier alpha value is -2.69. The summed E-state index contributed by atoms with van der Waals surface area (Å²) < 4.78 is 5.23. The van der Waals surface area contributed by atoms with Crippen LogP contribution in [0, 0.1) is 17.2 Å². The molecule has 7 heteroatoms. The van der Waals surface area contributed by atoms with Gasteiger partial charge in [-0.15, -0.1) is 0 Å². The number of aromatic nitrogens is 1. The summed E-state index contributed by atoms with van der Waals surface area (Å²) >= 11 is 0. The van der Waals surface area contributed by atoms with E-state index in [2.05, 4.69) is 27.2 Å². The number of carbonyl (C=O) groups excluding carboxylic acids is 1. The van der Waals surface area contributed by atoms with Crippen LogP contribution in [0.2, 0.25) is 0 Å². The van der Waals surface area contributed by atoms with Crippen molar-refractivity contribution in [2.24, 2.45) is 5.92 Å². The smallest absolute Gasteiger partial charge is 0.270 e. The monoisotopic (exact) mass is 365 g/mol. The van der Waals surface area contributed by atoms with Crippen LogP contribution in [0.5, 0.6) is 0 Å². The SMILES string of the molecule is CCc1cc(C#N)cnc1C(=O)NC1CCC2NNC(c3ccoc3)C2C1. The fourth-order valence-corrected chi connectivity index (χ4v) is 4.27. The van der Waals surface area contributed by atoms with E-state index < -0.39 is 0 Å². The topological polar surface area (TPSA) is 103 Å². The van der Waals surface area contributed by atoms with E-state index in [1.54, 1.807) is 18.6 Å². The van der Waals surface area contributed by atoms with Crippen molar-refractivity contribution in [2.45, 2.75) is 50.7 Å². The summed E-state index contributed by atoms with van der Waals surface area (Å²) in [5, 5.41) is 12.2. The number of nitrogens with one attached hydrogen (secondary N) is 3. The number of nitriles is 1. The number of aryl methyl sites for hydroxylation is 1. The molecule has 1 aliphatic heterocycles. The average molecular weight is 365 g/mol. The molecule has 3 heterocycles. The lowest BCUT2D eigenvalue weighted by Gasteiger charge is -2.33. The van der Waals surface area contributed by atoms with E-state index in [0.717, 1.165) is 30.4 Å². The zero-order valence-corrected chi connectivity index (χ0v) is 15.2. The minimum Gasteiger partial charge on any atom is -0.472 e. The predicted molar refractivity (Wildman–Crippen MR) is 98.4 cm³/mol. The van der Waals surface area contributed by atoms with Gasteiger partial charge in [0.2, 0.25) is 0 Å². The molecule has 2 aromatic rings. The van der Waals surface area contributed by atoms with Gasteiger partial charge in [-0.3, -0.25) is 10.2 Å². The molecule has 0 spiro atoms. The van der Waals surface area contributed by atoms with Gasteiger partial charge in [-0.1, -0.05) is 6.92 Å². The second-order valence-electron chi connectivity index (χ2n) is 7.27. The second kappa shape index (κ2) is 7.51. The number of fused-ring (bicyclic) bond motifs is 1. The van der Waals surface area contributed by atoms with Crippen molar-refractivity contribution in [2.75, 3.05) is 0 Å². The molecule has 4 atom stereocenters. The molecule has 2 aliphatic rings. The van der Waals surface area contributed by atoms with Crippen LogP contribution in [0.4, 0.5) is 0 Å². The number of furan rings is 1. The Morgan fingerprint density at radius 2 is 2.33 bits per heavy atom. The van der Waals surface area contributed by atoms with Crippen molar-refractivity contribution >= 4 is 5.91 Å². The average Bonchev–Trinajstić information content (AvgIpc) is 3.36. The van der Waals surface area contributed by atoms with Crippen LogP contribution in [0.1, 0.15) is 59.4 Å². The Bertz CT molecular complexity index is 858. The first-order valence-electron chi connectivity index (χ1n) is 9.42. The van der Waals surface area contributed by atoms with E-state index in [9.17, 15) is 4.79 Å². The van der Waals surface area contributed by atoms with Gasteiger partial charge < -0.3 is 9.73 Å². The summed E-state index contributed by atoms with van der Waals surface area (Å²) in [5.74, 6) is 0.236. The number of hydrogen-bond acceptors (Lipinski definition) is 6. The molecule has 7 nitrogen and oxygen atoms in total. The highest BCUT2D eigenvalue weighted by Gasteiger charge is 2.41. The molecule has 0 bridgehead atoms. The summed E-state index contributed by atoms with van der Waals surface area (Å²) in [5.41, 5.74) is 9.60. The van der Waals surface area contributed by atoms with Crippen molar-refractivity contribution in [1.82, 2.24) is 21.2 Å². The number of nitrogens with zero attached hydrogens (tertiary/aromatic N) is 2. The molecular weight excluding hydrogens is 342 g/mol. The first-order chi connectivity index (χ1) is 13.2. The van der Waals surface area contributed by atoms with E-state index in [-0.39, 0.29) is 18.0 Å². The maximum absolute atomic E-state index is 12.8. The van der Waals surface area contributed by atoms with Gasteiger partial charge in [0.15, 0.2) is 0 Å². The third-order valence-electron chi connectivity index (χ3n) is 5.68. The minimum absolute atomic E-state index is 0.108. The summed E-state index contributed by atoms with van der Waals surface area (Å²) in [6.45, 7) is 1.96. The van der Waals surface area contributed by atoms with Crippen molar-refractivity contribution in [3.05, 3.63) is 53.2 Å². The standard InChI is InChI=1S/C20H23N5O2/c1-2-13-7-12(9-21)10-22-19(13)20(26)23-15-3-4-17-16(8-15)18(25-24-17)14-5-6-27-11-14/h5-7,10-11,15-18,24-25H,2-4,8H2,1H3,(H,23,26). The number of pyridine rings is 1. The fraction of sp³-hybridized carbons (Fsp3) is 0.450. The maximum atomic E-state index is 12.8. The van der Waals surface area contributed by atoms with E-state index in [1.807, 2.05) is 13.0 Å². The molecule has 1 saturated carbocycles. The third kappa shape index (κ3) is 3.46. The van der Waals surface area contributed by atoms with Crippen LogP contribution in [0.25, 0.3) is 0 Å². The zero-order valence-electron chi connectivity index (χ0n) is 15.2. The lowest BCUT2D eigenvalue weighted by atomic mass is 9.77. The summed E-state index contributed by atoms with van der Waals surface area (Å²) in [6.07, 6.45) is 8.41. The molecule has 0 radical (unpaired) electrons. The van der Waals surface area contributed by atoms with Gasteiger partial charge in [-0.2, -0.15) is 5.26 Å². The molecule has 3 N–H and O–H groups in total. The highest BCUT2D eigenvalue weighted by Crippen LogP contribution is 2.38. The number of carbonyl (C=O) groups is 1. The lowest BCUT2D eigenvalue weighted by molar-refractivity contribution is 0.0909. The van der Waals surface area contributed by atoms with Gasteiger partial charge in [0.05, 0.1) is 24.1 Å². The molecule has 4 unspecified atom stereocenters. The number of hydrogen-bond donors (Lipinski definition) is 3. The molecule has 0 aromatic carbocycles. The molecule has 1 saturated heterocycles. The first kappa shape index (κ1) is 17.7. The van der Waals surface area contributed by atoms with Crippen LogP contribution in [0.15, 0.2) is 35.3 Å². The Morgan fingerprint density at radius 1 is 1.44 bits per heavy atom. The summed E-state index contributed by atoms with van der Waals surface area (Å²) in [7, 11) is 0. The Balaban J connectivity index is 1.46. The molecule has 1 amide bonds. The molecule has 1 aliphatic carbocycles. The van der Waals surface area contributed by atoms with Gasteiger partial charge in [0, 0.05) is 23.8 Å². The molecule has 27 heavy (non-hydrogen) atoms. The largest absolute Gasteiger partial charge is 0.472 e. The first-order valence-corrected chi connectivity index (χ1v) is 9.42. The number of hydrazine groups is 1. The Labute approximate surface area is 158 Å². The Morgan fingerprint density at radius 3 is 3.07 bits per heavy atom. The minimum atomic E-state index is -0.154. The maximum Gasteiger partial charge on any atom is 0.270 e. The van der Waals surface area contributed by atoms with Crippen molar-refractivity contribution < 1.29 is 9.21 Å². The van der Waals surface area contributed by atoms with Crippen molar-refractivity contribution in [1.29, 1.82) is 5.26 Å². The van der Waals surface area contributed by atoms with Crippen LogP contribution in [0.3, 0.4) is 0 Å².